The predicted octanol–water partition coefficient (Wildman–Crippen LogP) is 3.63. The molecule has 0 saturated carbocycles. The number of hydrogen-bond acceptors (Lipinski definition) is 4. The third-order valence-corrected chi connectivity index (χ3v) is 7.04. The molecule has 156 valence electrons. The average molecular weight is 436 g/mol. The van der Waals surface area contributed by atoms with Crippen LogP contribution in [-0.2, 0) is 21.4 Å². The zero-order valence-corrected chi connectivity index (χ0v) is 17.8. The number of nitrogens with zero attached hydrogens (tertiary/aromatic N) is 1. The smallest absolute Gasteiger partial charge is 0.243 e. The SMILES string of the molecule is O=C(CNc1cccc(S(=O)(=O)N2CCCCCC2)c1)NCc1ccc(Cl)cc1. The monoisotopic (exact) mass is 435 g/mol. The van der Waals surface area contributed by atoms with E-state index in [9.17, 15) is 13.2 Å². The van der Waals surface area contributed by atoms with Crippen LogP contribution in [0.2, 0.25) is 5.02 Å². The van der Waals surface area contributed by atoms with Crippen LogP contribution >= 0.6 is 11.6 Å². The number of sulfonamides is 1. The summed E-state index contributed by atoms with van der Waals surface area (Å²) in [5.41, 5.74) is 1.55. The van der Waals surface area contributed by atoms with E-state index < -0.39 is 10.0 Å². The Kier molecular flexibility index (Phi) is 7.52. The van der Waals surface area contributed by atoms with Crippen molar-refractivity contribution in [1.82, 2.24) is 9.62 Å². The summed E-state index contributed by atoms with van der Waals surface area (Å²) in [7, 11) is -3.51. The first-order valence-electron chi connectivity index (χ1n) is 9.80. The van der Waals surface area contributed by atoms with Gasteiger partial charge < -0.3 is 10.6 Å². The Morgan fingerprint density at radius 3 is 2.38 bits per heavy atom. The van der Waals surface area contributed by atoms with E-state index >= 15 is 0 Å². The molecule has 0 spiro atoms. The summed E-state index contributed by atoms with van der Waals surface area (Å²) in [5, 5.41) is 6.47. The van der Waals surface area contributed by atoms with Crippen molar-refractivity contribution in [1.29, 1.82) is 0 Å². The Labute approximate surface area is 177 Å². The Hall–Kier alpha value is -2.09. The molecule has 0 radical (unpaired) electrons. The van der Waals surface area contributed by atoms with Crippen LogP contribution in [-0.4, -0.2) is 38.3 Å². The number of halogens is 1. The molecule has 1 fully saturated rings. The lowest BCUT2D eigenvalue weighted by atomic mass is 10.2. The van der Waals surface area contributed by atoms with Crippen molar-refractivity contribution in [2.75, 3.05) is 25.0 Å². The summed E-state index contributed by atoms with van der Waals surface area (Å²) in [6.07, 6.45) is 3.92. The van der Waals surface area contributed by atoms with Crippen molar-refractivity contribution in [2.45, 2.75) is 37.1 Å². The molecule has 1 heterocycles. The van der Waals surface area contributed by atoms with Crippen LogP contribution in [0, 0.1) is 0 Å². The number of nitrogens with one attached hydrogen (secondary N) is 2. The first kappa shape index (κ1) is 21.6. The Bertz CT molecular complexity index is 924. The summed E-state index contributed by atoms with van der Waals surface area (Å²) in [6.45, 7) is 1.59. The molecular formula is C21H26ClN3O3S. The van der Waals surface area contributed by atoms with Crippen molar-refractivity contribution in [3.05, 3.63) is 59.1 Å². The van der Waals surface area contributed by atoms with E-state index in [1.165, 1.54) is 0 Å². The maximum atomic E-state index is 12.9. The lowest BCUT2D eigenvalue weighted by Gasteiger charge is -2.20. The molecule has 0 aromatic heterocycles. The number of anilines is 1. The van der Waals surface area contributed by atoms with Crippen LogP contribution in [0.15, 0.2) is 53.4 Å². The molecule has 0 unspecified atom stereocenters. The van der Waals surface area contributed by atoms with Gasteiger partial charge in [0.1, 0.15) is 0 Å². The van der Waals surface area contributed by atoms with Gasteiger partial charge in [-0.1, -0.05) is 42.6 Å². The number of rotatable bonds is 7. The third-order valence-electron chi connectivity index (χ3n) is 4.89. The first-order chi connectivity index (χ1) is 13.9. The number of carbonyl (C=O) groups is 1. The van der Waals surface area contributed by atoms with Gasteiger partial charge in [-0.15, -0.1) is 0 Å². The molecule has 1 amide bonds. The van der Waals surface area contributed by atoms with Gasteiger partial charge in [0.15, 0.2) is 0 Å². The van der Waals surface area contributed by atoms with Gasteiger partial charge in [-0.05, 0) is 48.7 Å². The molecule has 0 bridgehead atoms. The normalized spacial score (nSPS) is 15.5. The van der Waals surface area contributed by atoms with Crippen LogP contribution < -0.4 is 10.6 Å². The predicted molar refractivity (Wildman–Crippen MR) is 115 cm³/mol. The molecule has 0 aliphatic carbocycles. The van der Waals surface area contributed by atoms with Gasteiger partial charge in [0.2, 0.25) is 15.9 Å². The van der Waals surface area contributed by atoms with E-state index in [0.29, 0.717) is 30.3 Å². The number of amides is 1. The lowest BCUT2D eigenvalue weighted by molar-refractivity contribution is -0.119. The Balaban J connectivity index is 1.56. The maximum absolute atomic E-state index is 12.9. The minimum atomic E-state index is -3.51. The second-order valence-corrected chi connectivity index (χ2v) is 9.48. The van der Waals surface area contributed by atoms with E-state index in [-0.39, 0.29) is 17.3 Å². The summed E-state index contributed by atoms with van der Waals surface area (Å²) >= 11 is 5.85. The fourth-order valence-electron chi connectivity index (χ4n) is 3.25. The van der Waals surface area contributed by atoms with Crippen LogP contribution in [0.25, 0.3) is 0 Å². The van der Waals surface area contributed by atoms with Crippen LogP contribution in [0.4, 0.5) is 5.69 Å². The van der Waals surface area contributed by atoms with Crippen molar-refractivity contribution >= 4 is 33.2 Å². The van der Waals surface area contributed by atoms with Crippen molar-refractivity contribution in [3.63, 3.8) is 0 Å². The quantitative estimate of drug-likeness (QED) is 0.696. The Morgan fingerprint density at radius 2 is 1.69 bits per heavy atom. The van der Waals surface area contributed by atoms with Gasteiger partial charge in [-0.2, -0.15) is 4.31 Å². The van der Waals surface area contributed by atoms with Gasteiger partial charge in [-0.25, -0.2) is 8.42 Å². The van der Waals surface area contributed by atoms with Crippen LogP contribution in [0.5, 0.6) is 0 Å². The van der Waals surface area contributed by atoms with Crippen LogP contribution in [0.3, 0.4) is 0 Å². The molecule has 8 heteroatoms. The first-order valence-corrected chi connectivity index (χ1v) is 11.6. The molecule has 2 N–H and O–H groups in total. The molecule has 2 aromatic rings. The van der Waals surface area contributed by atoms with E-state index in [0.717, 1.165) is 31.2 Å². The number of benzene rings is 2. The highest BCUT2D eigenvalue weighted by atomic mass is 35.5. The molecule has 1 aliphatic rings. The minimum Gasteiger partial charge on any atom is -0.376 e. The van der Waals surface area contributed by atoms with Gasteiger partial charge in [0, 0.05) is 30.3 Å². The van der Waals surface area contributed by atoms with Crippen molar-refractivity contribution in [2.24, 2.45) is 0 Å². The van der Waals surface area contributed by atoms with Crippen molar-refractivity contribution in [3.8, 4) is 0 Å². The summed E-state index contributed by atoms with van der Waals surface area (Å²) in [6, 6.07) is 13.9. The molecule has 3 rings (SSSR count). The van der Waals surface area contributed by atoms with Crippen LogP contribution in [0.1, 0.15) is 31.2 Å². The van der Waals surface area contributed by atoms with E-state index in [1.807, 2.05) is 12.1 Å². The van der Waals surface area contributed by atoms with Crippen molar-refractivity contribution < 1.29 is 13.2 Å². The highest BCUT2D eigenvalue weighted by Crippen LogP contribution is 2.22. The summed E-state index contributed by atoms with van der Waals surface area (Å²) in [5.74, 6) is -0.180. The second kappa shape index (κ2) is 10.1. The summed E-state index contributed by atoms with van der Waals surface area (Å²) < 4.78 is 27.4. The molecule has 1 saturated heterocycles. The Morgan fingerprint density at radius 1 is 1.00 bits per heavy atom. The number of carbonyl (C=O) groups excluding carboxylic acids is 1. The van der Waals surface area contributed by atoms with Gasteiger partial charge in [0.25, 0.3) is 0 Å². The molecule has 2 aromatic carbocycles. The standard InChI is InChI=1S/C21H26ClN3O3S/c22-18-10-8-17(9-11-18)15-24-21(26)16-23-19-6-5-7-20(14-19)29(27,28)25-12-3-1-2-4-13-25/h5-11,14,23H,1-4,12-13,15-16H2,(H,24,26). The van der Waals surface area contributed by atoms with Gasteiger partial charge in [0.05, 0.1) is 11.4 Å². The highest BCUT2D eigenvalue weighted by molar-refractivity contribution is 7.89. The molecule has 29 heavy (non-hydrogen) atoms. The second-order valence-electron chi connectivity index (χ2n) is 7.10. The van der Waals surface area contributed by atoms with Gasteiger partial charge >= 0.3 is 0 Å². The van der Waals surface area contributed by atoms with Gasteiger partial charge in [-0.3, -0.25) is 4.79 Å². The largest absolute Gasteiger partial charge is 0.376 e. The van der Waals surface area contributed by atoms with E-state index in [1.54, 1.807) is 40.7 Å². The fraction of sp³-hybridized carbons (Fsp3) is 0.381. The lowest BCUT2D eigenvalue weighted by Crippen LogP contribution is -2.32. The molecule has 6 nitrogen and oxygen atoms in total. The maximum Gasteiger partial charge on any atom is 0.243 e. The minimum absolute atomic E-state index is 0.0564. The fourth-order valence-corrected chi connectivity index (χ4v) is 4.93. The topological polar surface area (TPSA) is 78.5 Å². The zero-order chi connectivity index (χ0) is 20.7. The number of hydrogen-bond donors (Lipinski definition) is 2. The molecular weight excluding hydrogens is 410 g/mol. The highest BCUT2D eigenvalue weighted by Gasteiger charge is 2.25. The third kappa shape index (κ3) is 6.19. The summed E-state index contributed by atoms with van der Waals surface area (Å²) in [4.78, 5) is 12.4. The van der Waals surface area contributed by atoms with E-state index in [2.05, 4.69) is 10.6 Å². The van der Waals surface area contributed by atoms with E-state index in [4.69, 9.17) is 11.6 Å². The average Bonchev–Trinajstić information content (AvgIpc) is 3.02. The molecule has 1 aliphatic heterocycles. The molecule has 0 atom stereocenters. The zero-order valence-electron chi connectivity index (χ0n) is 16.2.